The molecule has 0 spiro atoms. The standard InChI is InChI=1S/C19H24N6O/c26-15-18-14-24(22-21-18)13-17-3-1-9-23(12-17)11-16-4-6-19(7-5-16)25-10-2-8-20-25/h2,4-8,10,14,17,26H,1,3,9,11-13,15H2. The van der Waals surface area contributed by atoms with Gasteiger partial charge < -0.3 is 5.11 Å². The smallest absolute Gasteiger partial charge is 0.108 e. The van der Waals surface area contributed by atoms with E-state index in [1.54, 1.807) is 6.20 Å². The first-order valence-electron chi connectivity index (χ1n) is 9.11. The minimum atomic E-state index is -0.0503. The Labute approximate surface area is 152 Å². The lowest BCUT2D eigenvalue weighted by Gasteiger charge is -2.32. The van der Waals surface area contributed by atoms with Gasteiger partial charge in [0.1, 0.15) is 5.69 Å². The normalized spacial score (nSPS) is 18.3. The lowest BCUT2D eigenvalue weighted by molar-refractivity contribution is 0.153. The van der Waals surface area contributed by atoms with Gasteiger partial charge in [-0.2, -0.15) is 5.10 Å². The molecule has 4 rings (SSSR count). The fourth-order valence-corrected chi connectivity index (χ4v) is 3.64. The van der Waals surface area contributed by atoms with Crippen LogP contribution >= 0.6 is 0 Å². The van der Waals surface area contributed by atoms with Crippen LogP contribution in [0.15, 0.2) is 48.9 Å². The summed E-state index contributed by atoms with van der Waals surface area (Å²) in [6, 6.07) is 10.5. The average Bonchev–Trinajstić information content (AvgIpc) is 3.34. The number of piperidine rings is 1. The van der Waals surface area contributed by atoms with E-state index in [2.05, 4.69) is 44.6 Å². The van der Waals surface area contributed by atoms with E-state index in [0.29, 0.717) is 11.6 Å². The van der Waals surface area contributed by atoms with Gasteiger partial charge in [0, 0.05) is 32.0 Å². The number of hydrogen-bond donors (Lipinski definition) is 1. The van der Waals surface area contributed by atoms with Crippen molar-refractivity contribution in [3.05, 3.63) is 60.2 Å². The Balaban J connectivity index is 1.34. The summed E-state index contributed by atoms with van der Waals surface area (Å²) < 4.78 is 3.73. The number of hydrogen-bond acceptors (Lipinski definition) is 5. The van der Waals surface area contributed by atoms with Crippen molar-refractivity contribution in [1.82, 2.24) is 29.7 Å². The second kappa shape index (κ2) is 7.80. The molecule has 0 bridgehead atoms. The van der Waals surface area contributed by atoms with Gasteiger partial charge in [-0.05, 0) is 49.1 Å². The molecule has 0 radical (unpaired) electrons. The second-order valence-electron chi connectivity index (χ2n) is 6.95. The molecule has 1 atom stereocenters. The SMILES string of the molecule is OCc1cn(CC2CCCN(Cc3ccc(-n4cccn4)cc3)C2)nn1. The molecule has 7 nitrogen and oxygen atoms in total. The van der Waals surface area contributed by atoms with Gasteiger partial charge in [0.25, 0.3) is 0 Å². The van der Waals surface area contributed by atoms with Crippen LogP contribution in [0, 0.1) is 5.92 Å². The Kier molecular flexibility index (Phi) is 5.08. The van der Waals surface area contributed by atoms with Crippen LogP contribution in [-0.2, 0) is 19.7 Å². The van der Waals surface area contributed by atoms with Crippen LogP contribution in [-0.4, -0.2) is 47.9 Å². The van der Waals surface area contributed by atoms with E-state index in [0.717, 1.165) is 31.9 Å². The summed E-state index contributed by atoms with van der Waals surface area (Å²) in [5.74, 6) is 0.570. The summed E-state index contributed by atoms with van der Waals surface area (Å²) in [5.41, 5.74) is 3.04. The first-order valence-corrected chi connectivity index (χ1v) is 9.11. The highest BCUT2D eigenvalue weighted by molar-refractivity contribution is 5.33. The van der Waals surface area contributed by atoms with Crippen LogP contribution < -0.4 is 0 Å². The molecule has 136 valence electrons. The van der Waals surface area contributed by atoms with E-state index in [1.165, 1.54) is 18.4 Å². The van der Waals surface area contributed by atoms with Gasteiger partial charge in [-0.15, -0.1) is 5.10 Å². The largest absolute Gasteiger partial charge is 0.390 e. The van der Waals surface area contributed by atoms with Crippen LogP contribution in [0.3, 0.4) is 0 Å². The Morgan fingerprint density at radius 2 is 2.08 bits per heavy atom. The van der Waals surface area contributed by atoms with E-state index in [9.17, 15) is 0 Å². The molecule has 1 saturated heterocycles. The molecule has 26 heavy (non-hydrogen) atoms. The summed E-state index contributed by atoms with van der Waals surface area (Å²) in [7, 11) is 0. The quantitative estimate of drug-likeness (QED) is 0.733. The molecule has 0 saturated carbocycles. The van der Waals surface area contributed by atoms with Crippen LogP contribution in [0.1, 0.15) is 24.1 Å². The van der Waals surface area contributed by atoms with Crippen LogP contribution in [0.25, 0.3) is 5.69 Å². The highest BCUT2D eigenvalue weighted by Crippen LogP contribution is 2.20. The van der Waals surface area contributed by atoms with Crippen molar-refractivity contribution in [3.63, 3.8) is 0 Å². The zero-order valence-corrected chi connectivity index (χ0v) is 14.8. The van der Waals surface area contributed by atoms with Gasteiger partial charge in [-0.3, -0.25) is 9.58 Å². The van der Waals surface area contributed by atoms with E-state index in [4.69, 9.17) is 5.11 Å². The summed E-state index contributed by atoms with van der Waals surface area (Å²) in [5, 5.41) is 21.4. The minimum absolute atomic E-state index is 0.0503. The minimum Gasteiger partial charge on any atom is -0.390 e. The summed E-state index contributed by atoms with van der Waals surface area (Å²) in [4.78, 5) is 2.51. The van der Waals surface area contributed by atoms with Crippen molar-refractivity contribution in [3.8, 4) is 5.69 Å². The molecular formula is C19H24N6O. The molecule has 1 unspecified atom stereocenters. The van der Waals surface area contributed by atoms with Gasteiger partial charge in [-0.25, -0.2) is 4.68 Å². The van der Waals surface area contributed by atoms with E-state index < -0.39 is 0 Å². The number of aromatic nitrogens is 5. The monoisotopic (exact) mass is 352 g/mol. The predicted octanol–water partition coefficient (Wildman–Crippen LogP) is 1.87. The second-order valence-corrected chi connectivity index (χ2v) is 6.95. The molecule has 0 amide bonds. The predicted molar refractivity (Wildman–Crippen MR) is 97.5 cm³/mol. The lowest BCUT2D eigenvalue weighted by atomic mass is 9.97. The fourth-order valence-electron chi connectivity index (χ4n) is 3.64. The third-order valence-electron chi connectivity index (χ3n) is 4.91. The maximum atomic E-state index is 9.11. The number of nitrogens with zero attached hydrogens (tertiary/aromatic N) is 6. The van der Waals surface area contributed by atoms with Crippen molar-refractivity contribution >= 4 is 0 Å². The van der Waals surface area contributed by atoms with E-state index in [-0.39, 0.29) is 6.61 Å². The number of likely N-dealkylation sites (tertiary alicyclic amines) is 1. The topological polar surface area (TPSA) is 72.0 Å². The van der Waals surface area contributed by atoms with Crippen molar-refractivity contribution in [2.75, 3.05) is 13.1 Å². The number of aliphatic hydroxyl groups excluding tert-OH is 1. The maximum Gasteiger partial charge on any atom is 0.108 e. The van der Waals surface area contributed by atoms with Crippen molar-refractivity contribution < 1.29 is 5.11 Å². The maximum absolute atomic E-state index is 9.11. The summed E-state index contributed by atoms with van der Waals surface area (Å²) in [6.45, 7) is 3.98. The molecule has 1 N–H and O–H groups in total. The van der Waals surface area contributed by atoms with Gasteiger partial charge in [0.05, 0.1) is 18.5 Å². The summed E-state index contributed by atoms with van der Waals surface area (Å²) >= 11 is 0. The van der Waals surface area contributed by atoms with Gasteiger partial charge in [0.15, 0.2) is 0 Å². The Morgan fingerprint density at radius 3 is 2.81 bits per heavy atom. The molecule has 3 aromatic rings. The Bertz CT molecular complexity index is 811. The molecule has 1 fully saturated rings. The third-order valence-corrected chi connectivity index (χ3v) is 4.91. The van der Waals surface area contributed by atoms with Crippen LogP contribution in [0.5, 0.6) is 0 Å². The molecule has 7 heteroatoms. The fraction of sp³-hybridized carbons (Fsp3) is 0.421. The number of aliphatic hydroxyl groups is 1. The van der Waals surface area contributed by atoms with Crippen LogP contribution in [0.4, 0.5) is 0 Å². The summed E-state index contributed by atoms with van der Waals surface area (Å²) in [6.07, 6.45) is 8.00. The highest BCUT2D eigenvalue weighted by Gasteiger charge is 2.21. The first kappa shape index (κ1) is 16.9. The van der Waals surface area contributed by atoms with Crippen molar-refractivity contribution in [2.24, 2.45) is 5.92 Å². The molecule has 1 aromatic carbocycles. The first-order chi connectivity index (χ1) is 12.8. The average molecular weight is 352 g/mol. The van der Waals surface area contributed by atoms with Crippen molar-refractivity contribution in [1.29, 1.82) is 0 Å². The van der Waals surface area contributed by atoms with Crippen LogP contribution in [0.2, 0.25) is 0 Å². The van der Waals surface area contributed by atoms with Gasteiger partial charge in [-0.1, -0.05) is 17.3 Å². The van der Waals surface area contributed by atoms with Gasteiger partial charge in [0.2, 0.25) is 0 Å². The third kappa shape index (κ3) is 4.00. The molecule has 2 aromatic heterocycles. The molecule has 1 aliphatic rings. The lowest BCUT2D eigenvalue weighted by Crippen LogP contribution is -2.36. The molecule has 3 heterocycles. The number of benzene rings is 1. The highest BCUT2D eigenvalue weighted by atomic mass is 16.3. The van der Waals surface area contributed by atoms with Gasteiger partial charge >= 0.3 is 0 Å². The zero-order valence-electron chi connectivity index (χ0n) is 14.8. The Hall–Kier alpha value is -2.51. The van der Waals surface area contributed by atoms with E-state index in [1.807, 2.05) is 27.8 Å². The number of rotatable bonds is 6. The Morgan fingerprint density at radius 1 is 1.19 bits per heavy atom. The zero-order chi connectivity index (χ0) is 17.8. The van der Waals surface area contributed by atoms with Crippen molar-refractivity contribution in [2.45, 2.75) is 32.5 Å². The van der Waals surface area contributed by atoms with E-state index >= 15 is 0 Å². The molecular weight excluding hydrogens is 328 g/mol. The molecule has 1 aliphatic heterocycles. The molecule has 0 aliphatic carbocycles.